The lowest BCUT2D eigenvalue weighted by molar-refractivity contribution is -0.402. The summed E-state index contributed by atoms with van der Waals surface area (Å²) in [5.74, 6) is -0.656. The molecule has 10 nitrogen and oxygen atoms in total. The van der Waals surface area contributed by atoms with E-state index in [1.165, 1.54) is 61.2 Å². The Balaban J connectivity index is 2.06. The van der Waals surface area contributed by atoms with Gasteiger partial charge >= 0.3 is 19.6 Å². The standard InChI is InChI=1S/C17H19N2O8P/c1-4-11-24-17(20)13-5-7-14(8-6-13)27-28(23,18(2)3)25-12-15-9-10-16(26-15)19(21)22/h4-10H,1,11-12H2,2-3H3. The number of hydrogen-bond donors (Lipinski definition) is 0. The largest absolute Gasteiger partial charge is 0.461 e. The summed E-state index contributed by atoms with van der Waals surface area (Å²) in [6, 6.07) is 8.32. The predicted molar refractivity (Wildman–Crippen MR) is 99.0 cm³/mol. The zero-order chi connectivity index (χ0) is 20.7. The Labute approximate surface area is 161 Å². The number of hydrogen-bond acceptors (Lipinski definition) is 8. The van der Waals surface area contributed by atoms with Crippen molar-refractivity contribution in [1.82, 2.24) is 4.67 Å². The van der Waals surface area contributed by atoms with Crippen molar-refractivity contribution in [3.05, 3.63) is 70.5 Å². The third-order valence-electron chi connectivity index (χ3n) is 3.33. The molecule has 0 aliphatic heterocycles. The van der Waals surface area contributed by atoms with Gasteiger partial charge in [0.05, 0.1) is 11.6 Å². The molecule has 1 aromatic carbocycles. The fraction of sp³-hybridized carbons (Fsp3) is 0.235. The van der Waals surface area contributed by atoms with Crippen LogP contribution in [0.4, 0.5) is 5.88 Å². The van der Waals surface area contributed by atoms with Crippen LogP contribution in [0.15, 0.2) is 53.5 Å². The molecule has 28 heavy (non-hydrogen) atoms. The molecular formula is C17H19N2O8P. The lowest BCUT2D eigenvalue weighted by atomic mass is 10.2. The summed E-state index contributed by atoms with van der Waals surface area (Å²) in [5.41, 5.74) is 0.290. The summed E-state index contributed by atoms with van der Waals surface area (Å²) in [6.45, 7) is 3.25. The molecule has 1 aromatic heterocycles. The van der Waals surface area contributed by atoms with Crippen molar-refractivity contribution >= 4 is 19.6 Å². The van der Waals surface area contributed by atoms with Gasteiger partial charge in [0.15, 0.2) is 0 Å². The minimum absolute atomic E-state index is 0.0890. The van der Waals surface area contributed by atoms with E-state index < -0.39 is 24.5 Å². The van der Waals surface area contributed by atoms with Gasteiger partial charge in [-0.2, -0.15) is 0 Å². The second-order valence-corrected chi connectivity index (χ2v) is 7.77. The molecule has 2 aromatic rings. The van der Waals surface area contributed by atoms with Crippen molar-refractivity contribution in [2.24, 2.45) is 0 Å². The maximum absolute atomic E-state index is 13.0. The lowest BCUT2D eigenvalue weighted by Crippen LogP contribution is -2.15. The average Bonchev–Trinajstić information content (AvgIpc) is 3.14. The van der Waals surface area contributed by atoms with Gasteiger partial charge in [-0.3, -0.25) is 14.6 Å². The van der Waals surface area contributed by atoms with Crippen molar-refractivity contribution < 1.29 is 32.5 Å². The summed E-state index contributed by atoms with van der Waals surface area (Å²) in [6.07, 6.45) is 1.45. The fourth-order valence-corrected chi connectivity index (χ4v) is 3.04. The molecule has 1 unspecified atom stereocenters. The number of ether oxygens (including phenoxy) is 1. The maximum atomic E-state index is 13.0. The number of rotatable bonds is 10. The smallest absolute Gasteiger partial charge is 0.458 e. The van der Waals surface area contributed by atoms with Crippen LogP contribution in [0.3, 0.4) is 0 Å². The van der Waals surface area contributed by atoms with Crippen LogP contribution in [-0.4, -0.2) is 36.3 Å². The number of nitro groups is 1. The van der Waals surface area contributed by atoms with Gasteiger partial charge in [0, 0.05) is 0 Å². The van der Waals surface area contributed by atoms with Crippen LogP contribution in [0, 0.1) is 10.1 Å². The van der Waals surface area contributed by atoms with Crippen molar-refractivity contribution in [2.45, 2.75) is 6.61 Å². The van der Waals surface area contributed by atoms with Crippen LogP contribution in [0.25, 0.3) is 0 Å². The lowest BCUT2D eigenvalue weighted by Gasteiger charge is -2.23. The number of esters is 1. The first-order valence-electron chi connectivity index (χ1n) is 7.98. The van der Waals surface area contributed by atoms with Crippen molar-refractivity contribution in [2.75, 3.05) is 20.7 Å². The Bertz CT molecular complexity index is 891. The van der Waals surface area contributed by atoms with Crippen molar-refractivity contribution in [1.29, 1.82) is 0 Å². The minimum atomic E-state index is -3.78. The molecule has 0 amide bonds. The Morgan fingerprint density at radius 1 is 1.29 bits per heavy atom. The van der Waals surface area contributed by atoms with E-state index in [1.807, 2.05) is 0 Å². The molecule has 0 radical (unpaired) electrons. The zero-order valence-electron chi connectivity index (χ0n) is 15.3. The number of carbonyl (C=O) groups excluding carboxylic acids is 1. The van der Waals surface area contributed by atoms with Crippen molar-refractivity contribution in [3.8, 4) is 5.75 Å². The Kier molecular flexibility index (Phi) is 7.11. The second-order valence-electron chi connectivity index (χ2n) is 5.59. The van der Waals surface area contributed by atoms with E-state index in [0.29, 0.717) is 0 Å². The van der Waals surface area contributed by atoms with Crippen LogP contribution in [0.1, 0.15) is 16.1 Å². The van der Waals surface area contributed by atoms with Gasteiger partial charge in [-0.05, 0) is 44.4 Å². The first kappa shape index (κ1) is 21.4. The van der Waals surface area contributed by atoms with Crippen LogP contribution in [-0.2, 0) is 20.4 Å². The van der Waals surface area contributed by atoms with Gasteiger partial charge in [-0.25, -0.2) is 14.0 Å². The number of carbonyl (C=O) groups is 1. The topological polar surface area (TPSA) is 121 Å². The van der Waals surface area contributed by atoms with Gasteiger partial charge < -0.3 is 13.7 Å². The van der Waals surface area contributed by atoms with E-state index in [2.05, 4.69) is 6.58 Å². The first-order chi connectivity index (χ1) is 13.2. The Morgan fingerprint density at radius 2 is 1.96 bits per heavy atom. The highest BCUT2D eigenvalue weighted by atomic mass is 31.2. The fourth-order valence-electron chi connectivity index (χ4n) is 1.91. The van der Waals surface area contributed by atoms with E-state index in [-0.39, 0.29) is 30.3 Å². The molecule has 1 atom stereocenters. The SMILES string of the molecule is C=CCOC(=O)c1ccc(OP(=O)(OCc2ccc([N+](=O)[O-])o2)N(C)C)cc1. The van der Waals surface area contributed by atoms with Gasteiger partial charge in [-0.15, -0.1) is 0 Å². The third kappa shape index (κ3) is 5.53. The zero-order valence-corrected chi connectivity index (χ0v) is 16.2. The summed E-state index contributed by atoms with van der Waals surface area (Å²) in [7, 11) is -0.791. The second kappa shape index (κ2) is 9.32. The molecule has 0 spiro atoms. The van der Waals surface area contributed by atoms with E-state index in [4.69, 9.17) is 18.2 Å². The van der Waals surface area contributed by atoms with Gasteiger partial charge in [0.1, 0.15) is 29.6 Å². The molecule has 1 heterocycles. The number of benzene rings is 1. The van der Waals surface area contributed by atoms with Crippen LogP contribution in [0.2, 0.25) is 0 Å². The Morgan fingerprint density at radius 3 is 2.50 bits per heavy atom. The van der Waals surface area contributed by atoms with Crippen LogP contribution < -0.4 is 4.52 Å². The van der Waals surface area contributed by atoms with E-state index in [0.717, 1.165) is 0 Å². The molecule has 0 saturated carbocycles. The molecule has 2 rings (SSSR count). The molecule has 0 saturated heterocycles. The predicted octanol–water partition coefficient (Wildman–Crippen LogP) is 3.80. The first-order valence-corrected chi connectivity index (χ1v) is 9.48. The highest BCUT2D eigenvalue weighted by Crippen LogP contribution is 2.50. The molecule has 0 bridgehead atoms. The minimum Gasteiger partial charge on any atom is -0.458 e. The van der Waals surface area contributed by atoms with E-state index in [9.17, 15) is 19.5 Å². The third-order valence-corrected chi connectivity index (χ3v) is 5.21. The molecule has 0 fully saturated rings. The van der Waals surface area contributed by atoms with E-state index in [1.54, 1.807) is 0 Å². The maximum Gasteiger partial charge on any atom is 0.461 e. The van der Waals surface area contributed by atoms with E-state index >= 15 is 0 Å². The summed E-state index contributed by atoms with van der Waals surface area (Å²) in [4.78, 5) is 21.7. The Hall–Kier alpha value is -2.94. The van der Waals surface area contributed by atoms with Gasteiger partial charge in [0.25, 0.3) is 0 Å². The molecule has 0 N–H and O–H groups in total. The molecule has 0 aliphatic carbocycles. The quantitative estimate of drug-likeness (QED) is 0.189. The average molecular weight is 410 g/mol. The van der Waals surface area contributed by atoms with Crippen LogP contribution >= 0.6 is 7.75 Å². The number of nitrogens with zero attached hydrogens (tertiary/aromatic N) is 2. The van der Waals surface area contributed by atoms with Crippen molar-refractivity contribution in [3.63, 3.8) is 0 Å². The highest BCUT2D eigenvalue weighted by Gasteiger charge is 2.31. The van der Waals surface area contributed by atoms with Gasteiger partial charge in [-0.1, -0.05) is 12.7 Å². The van der Waals surface area contributed by atoms with Crippen LogP contribution in [0.5, 0.6) is 5.75 Å². The summed E-state index contributed by atoms with van der Waals surface area (Å²) < 4.78 is 34.9. The monoisotopic (exact) mass is 410 g/mol. The molecule has 0 aliphatic rings. The normalized spacial score (nSPS) is 13.0. The van der Waals surface area contributed by atoms with Gasteiger partial charge in [0.2, 0.25) is 0 Å². The summed E-state index contributed by atoms with van der Waals surface area (Å²) >= 11 is 0. The molecule has 150 valence electrons. The summed E-state index contributed by atoms with van der Waals surface area (Å²) in [5, 5.41) is 10.6. The molecular weight excluding hydrogens is 391 g/mol. The number of furan rings is 1. The highest BCUT2D eigenvalue weighted by molar-refractivity contribution is 7.51. The molecule has 11 heteroatoms.